The zero-order chi connectivity index (χ0) is 6.69. The van der Waals surface area contributed by atoms with E-state index in [1.54, 1.807) is 6.20 Å². The molecule has 0 fully saturated rings. The lowest BCUT2D eigenvalue weighted by atomic mass is 10.3. The van der Waals surface area contributed by atoms with Crippen LogP contribution in [-0.4, -0.2) is 9.97 Å². The summed E-state index contributed by atoms with van der Waals surface area (Å²) >= 11 is 3.16. The van der Waals surface area contributed by atoms with Gasteiger partial charge in [-0.3, -0.25) is 0 Å². The van der Waals surface area contributed by atoms with Gasteiger partial charge in [0.2, 0.25) is 0 Å². The Morgan fingerprint density at radius 3 is 2.89 bits per heavy atom. The molecule has 3 heteroatoms. The molecule has 0 N–H and O–H groups in total. The van der Waals surface area contributed by atoms with Gasteiger partial charge in [-0.15, -0.1) is 0 Å². The van der Waals surface area contributed by atoms with E-state index < -0.39 is 0 Å². The molecule has 1 radical (unpaired) electrons. The molecular weight excluding hydrogens is 180 g/mol. The lowest BCUT2D eigenvalue weighted by Crippen LogP contribution is -1.86. The topological polar surface area (TPSA) is 25.8 Å². The van der Waals surface area contributed by atoms with Gasteiger partial charge >= 0.3 is 0 Å². The predicted molar refractivity (Wildman–Crippen MR) is 38.8 cm³/mol. The van der Waals surface area contributed by atoms with Gasteiger partial charge in [-0.1, -0.05) is 6.92 Å². The maximum absolute atomic E-state index is 4.04. The Bertz CT molecular complexity index is 200. The van der Waals surface area contributed by atoms with Gasteiger partial charge in [0.1, 0.15) is 0 Å². The molecule has 0 aromatic carbocycles. The second-order valence-electron chi connectivity index (χ2n) is 1.54. The normalized spacial score (nSPS) is 9.56. The Labute approximate surface area is 62.5 Å². The SMILES string of the molecule is C[CH]c1ccnc(Br)n1. The fourth-order valence-corrected chi connectivity index (χ4v) is 0.832. The summed E-state index contributed by atoms with van der Waals surface area (Å²) in [7, 11) is 0. The molecule has 1 heterocycles. The molecule has 0 unspecified atom stereocenters. The Kier molecular flexibility index (Phi) is 2.16. The lowest BCUT2D eigenvalue weighted by Gasteiger charge is -1.91. The Morgan fingerprint density at radius 2 is 2.44 bits per heavy atom. The van der Waals surface area contributed by atoms with E-state index in [1.165, 1.54) is 0 Å². The number of aromatic nitrogens is 2. The number of nitrogens with zero attached hydrogens (tertiary/aromatic N) is 2. The zero-order valence-corrected chi connectivity index (χ0v) is 6.59. The van der Waals surface area contributed by atoms with Crippen molar-refractivity contribution >= 4 is 15.9 Å². The number of hydrogen-bond donors (Lipinski definition) is 0. The fourth-order valence-electron chi connectivity index (χ4n) is 0.509. The van der Waals surface area contributed by atoms with Gasteiger partial charge in [-0.25, -0.2) is 9.97 Å². The Balaban J connectivity index is 2.94. The summed E-state index contributed by atoms with van der Waals surface area (Å²) < 4.78 is 0.637. The van der Waals surface area contributed by atoms with Gasteiger partial charge in [-0.2, -0.15) is 0 Å². The van der Waals surface area contributed by atoms with E-state index in [0.29, 0.717) is 4.73 Å². The molecule has 0 spiro atoms. The monoisotopic (exact) mass is 185 g/mol. The van der Waals surface area contributed by atoms with Crippen molar-refractivity contribution < 1.29 is 0 Å². The molecule has 2 nitrogen and oxygen atoms in total. The second-order valence-corrected chi connectivity index (χ2v) is 2.25. The summed E-state index contributed by atoms with van der Waals surface area (Å²) in [6, 6.07) is 1.85. The van der Waals surface area contributed by atoms with E-state index in [1.807, 2.05) is 19.4 Å². The number of rotatable bonds is 1. The molecule has 1 aromatic rings. The molecule has 47 valence electrons. The van der Waals surface area contributed by atoms with Crippen LogP contribution in [0.4, 0.5) is 0 Å². The van der Waals surface area contributed by atoms with Crippen LogP contribution in [-0.2, 0) is 0 Å². The van der Waals surface area contributed by atoms with Crippen LogP contribution in [0.25, 0.3) is 0 Å². The van der Waals surface area contributed by atoms with Crippen molar-refractivity contribution in [2.45, 2.75) is 6.92 Å². The summed E-state index contributed by atoms with van der Waals surface area (Å²) in [4.78, 5) is 7.91. The molecule has 0 amide bonds. The molecule has 0 saturated heterocycles. The highest BCUT2D eigenvalue weighted by molar-refractivity contribution is 9.10. The minimum Gasteiger partial charge on any atom is -0.231 e. The van der Waals surface area contributed by atoms with Gasteiger partial charge in [0.05, 0.1) is 0 Å². The highest BCUT2D eigenvalue weighted by Gasteiger charge is 1.90. The molecule has 0 aliphatic rings. The first-order chi connectivity index (χ1) is 4.33. The highest BCUT2D eigenvalue weighted by atomic mass is 79.9. The second kappa shape index (κ2) is 2.92. The minimum atomic E-state index is 0.637. The average Bonchev–Trinajstić information content (AvgIpc) is 1.88. The van der Waals surface area contributed by atoms with E-state index in [9.17, 15) is 0 Å². The van der Waals surface area contributed by atoms with Crippen LogP contribution in [0.1, 0.15) is 12.6 Å². The molecule has 0 atom stereocenters. The molecular formula is C6H6BrN2. The molecule has 1 rings (SSSR count). The Hall–Kier alpha value is -0.440. The molecule has 0 aliphatic heterocycles. The van der Waals surface area contributed by atoms with Crippen molar-refractivity contribution in [1.82, 2.24) is 9.97 Å². The van der Waals surface area contributed by atoms with Crippen molar-refractivity contribution in [2.24, 2.45) is 0 Å². The van der Waals surface area contributed by atoms with Crippen LogP contribution < -0.4 is 0 Å². The van der Waals surface area contributed by atoms with E-state index in [4.69, 9.17) is 0 Å². The maximum atomic E-state index is 4.04. The van der Waals surface area contributed by atoms with Crippen LogP contribution in [0.3, 0.4) is 0 Å². The van der Waals surface area contributed by atoms with Gasteiger partial charge in [-0.05, 0) is 22.0 Å². The molecule has 9 heavy (non-hydrogen) atoms. The van der Waals surface area contributed by atoms with E-state index >= 15 is 0 Å². The molecule has 1 aromatic heterocycles. The quantitative estimate of drug-likeness (QED) is 0.625. The van der Waals surface area contributed by atoms with E-state index in [-0.39, 0.29) is 0 Å². The van der Waals surface area contributed by atoms with Gasteiger partial charge < -0.3 is 0 Å². The smallest absolute Gasteiger partial charge is 0.196 e. The molecule has 0 aliphatic carbocycles. The van der Waals surface area contributed by atoms with E-state index in [0.717, 1.165) is 5.69 Å². The molecule has 0 saturated carbocycles. The average molecular weight is 186 g/mol. The standard InChI is InChI=1S/C6H6BrN2/c1-2-5-3-4-8-6(7)9-5/h2-4H,1H3. The first kappa shape index (κ1) is 6.68. The van der Waals surface area contributed by atoms with Crippen molar-refractivity contribution in [3.63, 3.8) is 0 Å². The zero-order valence-electron chi connectivity index (χ0n) is 5.00. The van der Waals surface area contributed by atoms with Crippen molar-refractivity contribution in [3.05, 3.63) is 29.1 Å². The first-order valence-electron chi connectivity index (χ1n) is 2.61. The first-order valence-corrected chi connectivity index (χ1v) is 3.40. The summed E-state index contributed by atoms with van der Waals surface area (Å²) in [6.07, 6.45) is 3.64. The highest BCUT2D eigenvalue weighted by Crippen LogP contribution is 2.02. The number of hydrogen-bond acceptors (Lipinski definition) is 2. The van der Waals surface area contributed by atoms with Gasteiger partial charge in [0.25, 0.3) is 0 Å². The van der Waals surface area contributed by atoms with Crippen LogP contribution in [0.2, 0.25) is 0 Å². The fraction of sp³-hybridized carbons (Fsp3) is 0.167. The van der Waals surface area contributed by atoms with Gasteiger partial charge in [0.15, 0.2) is 4.73 Å². The maximum Gasteiger partial charge on any atom is 0.196 e. The predicted octanol–water partition coefficient (Wildman–Crippen LogP) is 1.81. The lowest BCUT2D eigenvalue weighted by molar-refractivity contribution is 1.06. The van der Waals surface area contributed by atoms with Crippen LogP contribution in [0, 0.1) is 6.42 Å². The third-order valence-corrected chi connectivity index (χ3v) is 1.33. The third kappa shape index (κ3) is 1.75. The summed E-state index contributed by atoms with van der Waals surface area (Å²) in [6.45, 7) is 1.94. The van der Waals surface area contributed by atoms with Crippen LogP contribution in [0.5, 0.6) is 0 Å². The molecule has 0 bridgehead atoms. The van der Waals surface area contributed by atoms with Crippen molar-refractivity contribution in [3.8, 4) is 0 Å². The summed E-state index contributed by atoms with van der Waals surface area (Å²) in [5.74, 6) is 0. The van der Waals surface area contributed by atoms with Crippen molar-refractivity contribution in [1.29, 1.82) is 0 Å². The van der Waals surface area contributed by atoms with Crippen LogP contribution >= 0.6 is 15.9 Å². The van der Waals surface area contributed by atoms with Crippen LogP contribution in [0.15, 0.2) is 17.0 Å². The largest absolute Gasteiger partial charge is 0.231 e. The van der Waals surface area contributed by atoms with E-state index in [2.05, 4.69) is 25.9 Å². The summed E-state index contributed by atoms with van der Waals surface area (Å²) in [5, 5.41) is 0. The van der Waals surface area contributed by atoms with Crippen molar-refractivity contribution in [2.75, 3.05) is 0 Å². The third-order valence-electron chi connectivity index (χ3n) is 0.943. The Morgan fingerprint density at radius 1 is 1.67 bits per heavy atom. The minimum absolute atomic E-state index is 0.637. The number of halogens is 1. The van der Waals surface area contributed by atoms with Gasteiger partial charge in [0, 0.05) is 18.3 Å². The summed E-state index contributed by atoms with van der Waals surface area (Å²) in [5.41, 5.74) is 0.942.